The lowest BCUT2D eigenvalue weighted by Gasteiger charge is -2.37. The Balaban J connectivity index is 2.06. The molecule has 8 heteroatoms. The van der Waals surface area contributed by atoms with Gasteiger partial charge in [0.1, 0.15) is 0 Å². The van der Waals surface area contributed by atoms with Crippen LogP contribution >= 0.6 is 0 Å². The molecule has 2 aliphatic rings. The average Bonchev–Trinajstić information content (AvgIpc) is 2.76. The Bertz CT molecular complexity index is 414. The van der Waals surface area contributed by atoms with Gasteiger partial charge in [0.25, 0.3) is 0 Å². The zero-order valence-corrected chi connectivity index (χ0v) is 11.1. The molecule has 7 nitrogen and oxygen atoms in total. The Kier molecular flexibility index (Phi) is 3.90. The molecule has 0 unspecified atom stereocenters. The molecule has 0 saturated carbocycles. The van der Waals surface area contributed by atoms with Gasteiger partial charge in [0.15, 0.2) is 11.5 Å². The molecule has 0 bridgehead atoms. The smallest absolute Gasteiger partial charge is 0.322 e. The minimum Gasteiger partial charge on any atom is -0.468 e. The highest BCUT2D eigenvalue weighted by Crippen LogP contribution is 2.31. The van der Waals surface area contributed by atoms with E-state index in [0.717, 1.165) is 0 Å². The van der Waals surface area contributed by atoms with Crippen LogP contribution in [0.2, 0.25) is 0 Å². The van der Waals surface area contributed by atoms with E-state index in [-0.39, 0.29) is 6.54 Å². The van der Waals surface area contributed by atoms with Crippen molar-refractivity contribution in [2.45, 2.75) is 18.6 Å². The molecule has 0 atom stereocenters. The zero-order chi connectivity index (χ0) is 13.2. The van der Waals surface area contributed by atoms with E-state index in [2.05, 4.69) is 4.74 Å². The molecular formula is C10H17NO6S. The number of methoxy groups -OCH3 is 1. The first kappa shape index (κ1) is 13.7. The van der Waals surface area contributed by atoms with Gasteiger partial charge < -0.3 is 14.2 Å². The van der Waals surface area contributed by atoms with Crippen molar-refractivity contribution < 1.29 is 27.4 Å². The van der Waals surface area contributed by atoms with E-state index in [1.165, 1.54) is 11.4 Å². The number of hydrogen-bond donors (Lipinski definition) is 0. The quantitative estimate of drug-likeness (QED) is 0.637. The van der Waals surface area contributed by atoms with Gasteiger partial charge in [-0.2, -0.15) is 4.31 Å². The molecule has 2 saturated heterocycles. The molecule has 0 aromatic carbocycles. The van der Waals surface area contributed by atoms with Gasteiger partial charge in [0, 0.05) is 13.0 Å². The summed E-state index contributed by atoms with van der Waals surface area (Å²) in [6.07, 6.45) is 1.33. The van der Waals surface area contributed by atoms with Gasteiger partial charge >= 0.3 is 5.97 Å². The lowest BCUT2D eigenvalue weighted by molar-refractivity contribution is -0.179. The second kappa shape index (κ2) is 5.12. The SMILES string of the molecule is COC(=O)CS(=O)(=O)N1CCCC2(C1)OCCO2. The Morgan fingerprint density at radius 3 is 2.67 bits per heavy atom. The molecule has 0 aromatic rings. The second-order valence-corrected chi connectivity index (χ2v) is 6.35. The van der Waals surface area contributed by atoms with Crippen molar-refractivity contribution in [3.63, 3.8) is 0 Å². The normalized spacial score (nSPS) is 24.3. The summed E-state index contributed by atoms with van der Waals surface area (Å²) in [5.41, 5.74) is 0. The third-order valence-corrected chi connectivity index (χ3v) is 4.82. The minimum atomic E-state index is -3.66. The van der Waals surface area contributed by atoms with Gasteiger partial charge in [0.05, 0.1) is 26.9 Å². The van der Waals surface area contributed by atoms with Gasteiger partial charge in [-0.15, -0.1) is 0 Å². The largest absolute Gasteiger partial charge is 0.468 e. The Morgan fingerprint density at radius 1 is 1.39 bits per heavy atom. The summed E-state index contributed by atoms with van der Waals surface area (Å²) in [4.78, 5) is 11.1. The number of rotatable bonds is 3. The molecule has 0 radical (unpaired) electrons. The molecule has 2 aliphatic heterocycles. The van der Waals surface area contributed by atoms with Crippen molar-refractivity contribution in [3.8, 4) is 0 Å². The molecule has 2 heterocycles. The van der Waals surface area contributed by atoms with Crippen LogP contribution in [0, 0.1) is 0 Å². The van der Waals surface area contributed by atoms with Crippen LogP contribution in [0.25, 0.3) is 0 Å². The fraction of sp³-hybridized carbons (Fsp3) is 0.900. The molecule has 2 rings (SSSR count). The standard InChI is InChI=1S/C10H17NO6S/c1-15-9(12)7-18(13,14)11-4-2-3-10(8-11)16-5-6-17-10/h2-8H2,1H3. The van der Waals surface area contributed by atoms with Crippen LogP contribution in [0.15, 0.2) is 0 Å². The molecule has 18 heavy (non-hydrogen) atoms. The number of piperidine rings is 1. The maximum Gasteiger partial charge on any atom is 0.322 e. The molecular weight excluding hydrogens is 262 g/mol. The fourth-order valence-corrected chi connectivity index (χ4v) is 3.62. The first-order chi connectivity index (χ1) is 8.47. The van der Waals surface area contributed by atoms with Crippen LogP contribution in [0.3, 0.4) is 0 Å². The van der Waals surface area contributed by atoms with Gasteiger partial charge in [-0.25, -0.2) is 8.42 Å². The van der Waals surface area contributed by atoms with Crippen molar-refractivity contribution in [3.05, 3.63) is 0 Å². The van der Waals surface area contributed by atoms with E-state index in [1.807, 2.05) is 0 Å². The summed E-state index contributed by atoms with van der Waals surface area (Å²) in [6, 6.07) is 0. The van der Waals surface area contributed by atoms with Crippen LogP contribution < -0.4 is 0 Å². The van der Waals surface area contributed by atoms with E-state index < -0.39 is 27.5 Å². The molecule has 0 N–H and O–H groups in total. The van der Waals surface area contributed by atoms with Crippen LogP contribution in [0.1, 0.15) is 12.8 Å². The minimum absolute atomic E-state index is 0.145. The summed E-state index contributed by atoms with van der Waals surface area (Å²) < 4.78 is 40.6. The molecule has 104 valence electrons. The predicted molar refractivity (Wildman–Crippen MR) is 61.2 cm³/mol. The Hall–Kier alpha value is -0.700. The maximum absolute atomic E-state index is 12.0. The Morgan fingerprint density at radius 2 is 2.06 bits per heavy atom. The van der Waals surface area contributed by atoms with Crippen molar-refractivity contribution in [2.75, 3.05) is 39.2 Å². The second-order valence-electron chi connectivity index (χ2n) is 4.38. The van der Waals surface area contributed by atoms with Crippen LogP contribution in [-0.2, 0) is 29.0 Å². The number of ether oxygens (including phenoxy) is 3. The monoisotopic (exact) mass is 279 g/mol. The highest BCUT2D eigenvalue weighted by Gasteiger charge is 2.44. The third kappa shape index (κ3) is 2.82. The Labute approximate surface area is 106 Å². The van der Waals surface area contributed by atoms with E-state index in [0.29, 0.717) is 32.6 Å². The van der Waals surface area contributed by atoms with E-state index in [1.54, 1.807) is 0 Å². The number of hydrogen-bond acceptors (Lipinski definition) is 6. The van der Waals surface area contributed by atoms with Gasteiger partial charge in [0.2, 0.25) is 10.0 Å². The van der Waals surface area contributed by atoms with E-state index in [4.69, 9.17) is 9.47 Å². The van der Waals surface area contributed by atoms with Gasteiger partial charge in [-0.05, 0) is 6.42 Å². The van der Waals surface area contributed by atoms with Crippen molar-refractivity contribution in [1.29, 1.82) is 0 Å². The van der Waals surface area contributed by atoms with Crippen LogP contribution in [0.4, 0.5) is 0 Å². The molecule has 0 aromatic heterocycles. The zero-order valence-electron chi connectivity index (χ0n) is 10.3. The van der Waals surface area contributed by atoms with E-state index >= 15 is 0 Å². The predicted octanol–water partition coefficient (Wildman–Crippen LogP) is -0.672. The number of sulfonamides is 1. The molecule has 0 amide bonds. The van der Waals surface area contributed by atoms with Crippen LogP contribution in [0.5, 0.6) is 0 Å². The van der Waals surface area contributed by atoms with Gasteiger partial charge in [-0.1, -0.05) is 0 Å². The number of esters is 1. The highest BCUT2D eigenvalue weighted by atomic mass is 32.2. The first-order valence-electron chi connectivity index (χ1n) is 5.80. The average molecular weight is 279 g/mol. The highest BCUT2D eigenvalue weighted by molar-refractivity contribution is 7.89. The summed E-state index contributed by atoms with van der Waals surface area (Å²) in [7, 11) is -2.49. The number of carbonyl (C=O) groups is 1. The summed E-state index contributed by atoms with van der Waals surface area (Å²) >= 11 is 0. The van der Waals surface area contributed by atoms with Crippen molar-refractivity contribution >= 4 is 16.0 Å². The summed E-state index contributed by atoms with van der Waals surface area (Å²) in [5.74, 6) is -2.22. The maximum atomic E-state index is 12.0. The topological polar surface area (TPSA) is 82.1 Å². The van der Waals surface area contributed by atoms with E-state index in [9.17, 15) is 13.2 Å². The van der Waals surface area contributed by atoms with Crippen LogP contribution in [-0.4, -0.2) is 63.6 Å². The molecule has 0 aliphatic carbocycles. The third-order valence-electron chi connectivity index (χ3n) is 3.12. The lowest BCUT2D eigenvalue weighted by atomic mass is 10.1. The van der Waals surface area contributed by atoms with Crippen molar-refractivity contribution in [1.82, 2.24) is 4.31 Å². The molecule has 2 fully saturated rings. The van der Waals surface area contributed by atoms with Crippen molar-refractivity contribution in [2.24, 2.45) is 0 Å². The molecule has 1 spiro atoms. The summed E-state index contributed by atoms with van der Waals surface area (Å²) in [6.45, 7) is 1.48. The summed E-state index contributed by atoms with van der Waals surface area (Å²) in [5, 5.41) is 0. The van der Waals surface area contributed by atoms with Gasteiger partial charge in [-0.3, -0.25) is 4.79 Å². The lowest BCUT2D eigenvalue weighted by Crippen LogP contribution is -2.52. The number of nitrogens with zero attached hydrogens (tertiary/aromatic N) is 1. The fourth-order valence-electron chi connectivity index (χ4n) is 2.22. The number of carbonyl (C=O) groups excluding carboxylic acids is 1. The first-order valence-corrected chi connectivity index (χ1v) is 7.41.